The van der Waals surface area contributed by atoms with Gasteiger partial charge in [-0.05, 0) is 6.42 Å². The van der Waals surface area contributed by atoms with E-state index in [1.807, 2.05) is 0 Å². The van der Waals surface area contributed by atoms with Crippen molar-refractivity contribution >= 4 is 17.8 Å². The fourth-order valence-electron chi connectivity index (χ4n) is 1.14. The van der Waals surface area contributed by atoms with Gasteiger partial charge in [0.1, 0.15) is 6.04 Å². The van der Waals surface area contributed by atoms with E-state index >= 15 is 0 Å². The van der Waals surface area contributed by atoms with Crippen molar-refractivity contribution < 1.29 is 14.3 Å². The van der Waals surface area contributed by atoms with Crippen molar-refractivity contribution in [1.82, 2.24) is 15.3 Å². The van der Waals surface area contributed by atoms with Gasteiger partial charge in [0.05, 0.1) is 13.3 Å². The van der Waals surface area contributed by atoms with Gasteiger partial charge in [0.15, 0.2) is 5.82 Å². The predicted octanol–water partition coefficient (Wildman–Crippen LogP) is 0.550. The number of hydrogen-bond acceptors (Lipinski definition) is 5. The number of anilines is 1. The lowest BCUT2D eigenvalue weighted by molar-refractivity contribution is -0.142. The molecule has 7 heteroatoms. The van der Waals surface area contributed by atoms with Crippen LogP contribution in [0.2, 0.25) is 0 Å². The first-order chi connectivity index (χ1) is 8.17. The van der Waals surface area contributed by atoms with Crippen molar-refractivity contribution in [2.75, 3.05) is 12.4 Å². The predicted molar refractivity (Wildman–Crippen MR) is 60.3 cm³/mol. The van der Waals surface area contributed by atoms with Gasteiger partial charge in [-0.1, -0.05) is 6.92 Å². The molecule has 0 spiro atoms. The van der Waals surface area contributed by atoms with Crippen molar-refractivity contribution in [3.05, 3.63) is 18.6 Å². The van der Waals surface area contributed by atoms with Crippen LogP contribution in [0.5, 0.6) is 0 Å². The second kappa shape index (κ2) is 6.41. The van der Waals surface area contributed by atoms with Gasteiger partial charge < -0.3 is 10.1 Å². The summed E-state index contributed by atoms with van der Waals surface area (Å²) in [6.07, 6.45) is 4.79. The Balaban J connectivity index is 2.51. The van der Waals surface area contributed by atoms with Gasteiger partial charge in [-0.3, -0.25) is 10.3 Å². The lowest BCUT2D eigenvalue weighted by Gasteiger charge is -2.14. The molecular weight excluding hydrogens is 224 g/mol. The number of methoxy groups -OCH3 is 1. The number of nitrogens with one attached hydrogen (secondary N) is 2. The lowest BCUT2D eigenvalue weighted by Crippen LogP contribution is -2.43. The van der Waals surface area contributed by atoms with E-state index < -0.39 is 18.0 Å². The SMILES string of the molecule is CCC(NC(=O)Nc1cnccn1)C(=O)OC. The van der Waals surface area contributed by atoms with Crippen LogP contribution in [0.4, 0.5) is 10.6 Å². The molecular formula is C10H14N4O3. The van der Waals surface area contributed by atoms with Gasteiger partial charge in [0, 0.05) is 12.4 Å². The van der Waals surface area contributed by atoms with Crippen LogP contribution in [0, 0.1) is 0 Å². The molecule has 1 aromatic heterocycles. The summed E-state index contributed by atoms with van der Waals surface area (Å²) in [4.78, 5) is 30.4. The maximum absolute atomic E-state index is 11.5. The average molecular weight is 238 g/mol. The Bertz CT molecular complexity index is 382. The quantitative estimate of drug-likeness (QED) is 0.747. The van der Waals surface area contributed by atoms with Gasteiger partial charge in [0.2, 0.25) is 0 Å². The highest BCUT2D eigenvalue weighted by molar-refractivity contribution is 5.91. The van der Waals surface area contributed by atoms with Crippen LogP contribution < -0.4 is 10.6 Å². The topological polar surface area (TPSA) is 93.2 Å². The molecule has 0 bridgehead atoms. The Hall–Kier alpha value is -2.18. The highest BCUT2D eigenvalue weighted by atomic mass is 16.5. The molecule has 1 rings (SSSR count). The van der Waals surface area contributed by atoms with Gasteiger partial charge in [0.25, 0.3) is 0 Å². The summed E-state index contributed by atoms with van der Waals surface area (Å²) in [6, 6.07) is -1.19. The molecule has 92 valence electrons. The maximum Gasteiger partial charge on any atom is 0.328 e. The van der Waals surface area contributed by atoms with Gasteiger partial charge in [-0.15, -0.1) is 0 Å². The average Bonchev–Trinajstić information content (AvgIpc) is 2.36. The van der Waals surface area contributed by atoms with E-state index in [2.05, 4.69) is 25.3 Å². The smallest absolute Gasteiger partial charge is 0.328 e. The molecule has 2 N–H and O–H groups in total. The van der Waals surface area contributed by atoms with E-state index in [-0.39, 0.29) is 0 Å². The third-order valence-corrected chi connectivity index (χ3v) is 2.00. The van der Waals surface area contributed by atoms with Crippen LogP contribution in [0.15, 0.2) is 18.6 Å². The van der Waals surface area contributed by atoms with Crippen LogP contribution in [-0.2, 0) is 9.53 Å². The molecule has 0 fully saturated rings. The Morgan fingerprint density at radius 2 is 2.24 bits per heavy atom. The molecule has 1 atom stereocenters. The Morgan fingerprint density at radius 1 is 1.47 bits per heavy atom. The van der Waals surface area contributed by atoms with E-state index in [9.17, 15) is 9.59 Å². The summed E-state index contributed by atoms with van der Waals surface area (Å²) in [5.74, 6) is -0.175. The molecule has 0 saturated heterocycles. The van der Waals surface area contributed by atoms with Crippen molar-refractivity contribution in [2.45, 2.75) is 19.4 Å². The minimum absolute atomic E-state index is 0.310. The molecule has 0 aliphatic rings. The molecule has 7 nitrogen and oxygen atoms in total. The van der Waals surface area contributed by atoms with Crippen LogP contribution in [0.25, 0.3) is 0 Å². The van der Waals surface area contributed by atoms with E-state index in [1.165, 1.54) is 25.7 Å². The minimum Gasteiger partial charge on any atom is -0.467 e. The third-order valence-electron chi connectivity index (χ3n) is 2.00. The van der Waals surface area contributed by atoms with E-state index in [0.29, 0.717) is 12.2 Å². The summed E-state index contributed by atoms with van der Waals surface area (Å²) >= 11 is 0. The lowest BCUT2D eigenvalue weighted by atomic mass is 10.2. The summed E-state index contributed by atoms with van der Waals surface area (Å²) in [5.41, 5.74) is 0. The van der Waals surface area contributed by atoms with Crippen molar-refractivity contribution in [2.24, 2.45) is 0 Å². The minimum atomic E-state index is -0.670. The van der Waals surface area contributed by atoms with Crippen molar-refractivity contribution in [3.8, 4) is 0 Å². The number of carbonyl (C=O) groups excluding carboxylic acids is 2. The summed E-state index contributed by atoms with van der Waals surface area (Å²) in [6.45, 7) is 1.77. The normalized spacial score (nSPS) is 11.4. The van der Waals surface area contributed by atoms with Crippen LogP contribution in [-0.4, -0.2) is 35.1 Å². The Morgan fingerprint density at radius 3 is 2.76 bits per heavy atom. The number of ether oxygens (including phenoxy) is 1. The van der Waals surface area contributed by atoms with Gasteiger partial charge in [-0.2, -0.15) is 0 Å². The van der Waals surface area contributed by atoms with Crippen LogP contribution >= 0.6 is 0 Å². The first-order valence-corrected chi connectivity index (χ1v) is 5.08. The van der Waals surface area contributed by atoms with E-state index in [4.69, 9.17) is 0 Å². The molecule has 0 radical (unpaired) electrons. The summed E-state index contributed by atoms with van der Waals surface area (Å²) < 4.78 is 4.54. The third kappa shape index (κ3) is 4.06. The van der Waals surface area contributed by atoms with Crippen molar-refractivity contribution in [3.63, 3.8) is 0 Å². The molecule has 0 aromatic carbocycles. The number of rotatable bonds is 4. The largest absolute Gasteiger partial charge is 0.467 e. The highest BCUT2D eigenvalue weighted by Crippen LogP contribution is 1.98. The zero-order chi connectivity index (χ0) is 12.7. The fourth-order valence-corrected chi connectivity index (χ4v) is 1.14. The standard InChI is InChI=1S/C10H14N4O3/c1-3-7(9(15)17-2)13-10(16)14-8-6-11-4-5-12-8/h4-7H,3H2,1-2H3,(H2,12,13,14,16). The number of carbonyl (C=O) groups is 2. The zero-order valence-electron chi connectivity index (χ0n) is 9.64. The Labute approximate surface area is 98.6 Å². The monoisotopic (exact) mass is 238 g/mol. The maximum atomic E-state index is 11.5. The molecule has 1 aromatic rings. The highest BCUT2D eigenvalue weighted by Gasteiger charge is 2.19. The number of nitrogens with zero attached hydrogens (tertiary/aromatic N) is 2. The molecule has 0 aliphatic carbocycles. The van der Waals surface area contributed by atoms with Gasteiger partial charge in [-0.25, -0.2) is 14.6 Å². The number of hydrogen-bond donors (Lipinski definition) is 2. The number of amides is 2. The van der Waals surface area contributed by atoms with Crippen LogP contribution in [0.3, 0.4) is 0 Å². The molecule has 1 unspecified atom stereocenters. The summed E-state index contributed by atoms with van der Waals surface area (Å²) in [5, 5.41) is 4.93. The molecule has 0 saturated carbocycles. The fraction of sp³-hybridized carbons (Fsp3) is 0.400. The first-order valence-electron chi connectivity index (χ1n) is 5.08. The van der Waals surface area contributed by atoms with E-state index in [0.717, 1.165) is 0 Å². The second-order valence-electron chi connectivity index (χ2n) is 3.17. The second-order valence-corrected chi connectivity index (χ2v) is 3.17. The number of aromatic nitrogens is 2. The molecule has 1 heterocycles. The molecule has 17 heavy (non-hydrogen) atoms. The number of esters is 1. The first kappa shape index (κ1) is 12.9. The molecule has 2 amide bonds. The van der Waals surface area contributed by atoms with Crippen molar-refractivity contribution in [1.29, 1.82) is 0 Å². The molecule has 0 aliphatic heterocycles. The van der Waals surface area contributed by atoms with Gasteiger partial charge >= 0.3 is 12.0 Å². The number of urea groups is 1. The summed E-state index contributed by atoms with van der Waals surface area (Å²) in [7, 11) is 1.27. The van der Waals surface area contributed by atoms with Crippen LogP contribution in [0.1, 0.15) is 13.3 Å². The zero-order valence-corrected chi connectivity index (χ0v) is 9.64. The van der Waals surface area contributed by atoms with E-state index in [1.54, 1.807) is 6.92 Å². The Kier molecular flexibility index (Phi) is 4.86.